The first-order valence-electron chi connectivity index (χ1n) is 10.8. The number of carbonyl (C=O) groups excluding carboxylic acids is 1. The molecule has 174 valence electrons. The van der Waals surface area contributed by atoms with Crippen LogP contribution in [-0.4, -0.2) is 30.2 Å². The van der Waals surface area contributed by atoms with E-state index in [0.29, 0.717) is 28.7 Å². The second-order valence-corrected chi connectivity index (χ2v) is 8.59. The Balaban J connectivity index is 1.73. The topological polar surface area (TPSA) is 71.9 Å². The predicted octanol–water partition coefficient (Wildman–Crippen LogP) is 5.48. The lowest BCUT2D eigenvalue weighted by atomic mass is 10.1. The van der Waals surface area contributed by atoms with Crippen LogP contribution in [0.4, 0.5) is 5.13 Å². The van der Waals surface area contributed by atoms with Gasteiger partial charge < -0.3 is 14.6 Å². The summed E-state index contributed by atoms with van der Waals surface area (Å²) in [5.41, 5.74) is 4.81. The predicted molar refractivity (Wildman–Crippen MR) is 135 cm³/mol. The molecule has 3 aromatic carbocycles. The van der Waals surface area contributed by atoms with Gasteiger partial charge in [-0.1, -0.05) is 54.6 Å². The third-order valence-corrected chi connectivity index (χ3v) is 6.45. The zero-order valence-electron chi connectivity index (χ0n) is 19.3. The van der Waals surface area contributed by atoms with Gasteiger partial charge in [0.2, 0.25) is 0 Å². The molecule has 7 heteroatoms. The summed E-state index contributed by atoms with van der Waals surface area (Å²) < 4.78 is 11.0. The van der Waals surface area contributed by atoms with E-state index in [1.54, 1.807) is 31.3 Å². The molecule has 0 bridgehead atoms. The Morgan fingerprint density at radius 1 is 0.971 bits per heavy atom. The van der Waals surface area contributed by atoms with Crippen LogP contribution in [-0.2, 0) is 13.2 Å². The molecule has 1 heterocycles. The Morgan fingerprint density at radius 3 is 2.21 bits per heavy atom. The van der Waals surface area contributed by atoms with E-state index in [1.807, 2.05) is 66.9 Å². The summed E-state index contributed by atoms with van der Waals surface area (Å²) in [5.74, 6) is 0.981. The number of anilines is 1. The molecule has 0 saturated carbocycles. The van der Waals surface area contributed by atoms with E-state index >= 15 is 0 Å². The molecule has 0 spiro atoms. The summed E-state index contributed by atoms with van der Waals surface area (Å²) in [7, 11) is 3.15. The molecular formula is C27H26N2O4S. The standard InChI is InChI=1S/C27H26N2O4S/c1-18-24(32-2)13-22(14-25(18)33-3)26(31)29(15-19-7-5-4-6-8-19)27-28-23(17-34-27)21-11-9-20(16-30)10-12-21/h4-14,17,30H,15-16H2,1-3H3. The molecule has 1 N–H and O–H groups in total. The Kier molecular flexibility index (Phi) is 7.25. The lowest BCUT2D eigenvalue weighted by molar-refractivity contribution is 0.0984. The molecule has 0 aliphatic carbocycles. The van der Waals surface area contributed by atoms with Gasteiger partial charge in [-0.25, -0.2) is 4.98 Å². The maximum atomic E-state index is 13.8. The third-order valence-electron chi connectivity index (χ3n) is 5.58. The SMILES string of the molecule is COc1cc(C(=O)N(Cc2ccccc2)c2nc(-c3ccc(CO)cc3)cs2)cc(OC)c1C. The second kappa shape index (κ2) is 10.5. The number of thiazole rings is 1. The van der Waals surface area contributed by atoms with Crippen molar-refractivity contribution < 1.29 is 19.4 Å². The first-order chi connectivity index (χ1) is 16.5. The number of rotatable bonds is 8. The van der Waals surface area contributed by atoms with Crippen molar-refractivity contribution in [2.75, 3.05) is 19.1 Å². The lowest BCUT2D eigenvalue weighted by Crippen LogP contribution is -2.30. The highest BCUT2D eigenvalue weighted by atomic mass is 32.1. The molecule has 0 atom stereocenters. The molecule has 1 amide bonds. The zero-order valence-corrected chi connectivity index (χ0v) is 20.1. The molecule has 34 heavy (non-hydrogen) atoms. The minimum absolute atomic E-state index is 0.00851. The first kappa shape index (κ1) is 23.5. The Labute approximate surface area is 203 Å². The van der Waals surface area contributed by atoms with Crippen LogP contribution >= 0.6 is 11.3 Å². The summed E-state index contributed by atoms with van der Waals surface area (Å²) >= 11 is 1.41. The maximum absolute atomic E-state index is 13.8. The van der Waals surface area contributed by atoms with Crippen molar-refractivity contribution in [3.63, 3.8) is 0 Å². The highest BCUT2D eigenvalue weighted by Crippen LogP contribution is 2.33. The fourth-order valence-electron chi connectivity index (χ4n) is 3.66. The van der Waals surface area contributed by atoms with Crippen LogP contribution in [0.25, 0.3) is 11.3 Å². The van der Waals surface area contributed by atoms with E-state index in [4.69, 9.17) is 14.5 Å². The average Bonchev–Trinajstić information content (AvgIpc) is 3.37. The van der Waals surface area contributed by atoms with Gasteiger partial charge in [0.05, 0.1) is 33.1 Å². The largest absolute Gasteiger partial charge is 0.496 e. The molecule has 0 unspecified atom stereocenters. The molecule has 0 radical (unpaired) electrons. The van der Waals surface area contributed by atoms with Crippen molar-refractivity contribution >= 4 is 22.4 Å². The fraction of sp³-hybridized carbons (Fsp3) is 0.185. The van der Waals surface area contributed by atoms with Crippen molar-refractivity contribution in [3.8, 4) is 22.8 Å². The minimum atomic E-state index is -0.197. The zero-order chi connectivity index (χ0) is 24.1. The summed E-state index contributed by atoms with van der Waals surface area (Å²) in [5, 5.41) is 11.8. The van der Waals surface area contributed by atoms with Crippen LogP contribution in [0.15, 0.2) is 72.1 Å². The Hall–Kier alpha value is -3.68. The molecule has 4 rings (SSSR count). The van der Waals surface area contributed by atoms with Crippen molar-refractivity contribution in [2.24, 2.45) is 0 Å². The second-order valence-electron chi connectivity index (χ2n) is 7.75. The van der Waals surface area contributed by atoms with Gasteiger partial charge in [-0.05, 0) is 30.2 Å². The molecule has 6 nitrogen and oxygen atoms in total. The normalized spacial score (nSPS) is 10.7. The van der Waals surface area contributed by atoms with Crippen LogP contribution in [0.1, 0.15) is 27.0 Å². The average molecular weight is 475 g/mol. The third kappa shape index (κ3) is 4.95. The maximum Gasteiger partial charge on any atom is 0.260 e. The smallest absolute Gasteiger partial charge is 0.260 e. The van der Waals surface area contributed by atoms with Crippen molar-refractivity contribution in [1.29, 1.82) is 0 Å². The number of benzene rings is 3. The number of methoxy groups -OCH3 is 2. The van der Waals surface area contributed by atoms with Gasteiger partial charge in [0.25, 0.3) is 5.91 Å². The molecular weight excluding hydrogens is 448 g/mol. The van der Waals surface area contributed by atoms with E-state index < -0.39 is 0 Å². The number of aliphatic hydroxyl groups is 1. The quantitative estimate of drug-likeness (QED) is 0.366. The van der Waals surface area contributed by atoms with Gasteiger partial charge in [-0.15, -0.1) is 11.3 Å². The van der Waals surface area contributed by atoms with Crippen molar-refractivity contribution in [3.05, 3.63) is 94.4 Å². The fourth-order valence-corrected chi connectivity index (χ4v) is 4.49. The van der Waals surface area contributed by atoms with E-state index in [2.05, 4.69) is 0 Å². The van der Waals surface area contributed by atoms with Crippen LogP contribution < -0.4 is 14.4 Å². The van der Waals surface area contributed by atoms with Gasteiger partial charge in [-0.2, -0.15) is 0 Å². The Bertz CT molecular complexity index is 1240. The number of carbonyl (C=O) groups is 1. The van der Waals surface area contributed by atoms with Crippen molar-refractivity contribution in [2.45, 2.75) is 20.1 Å². The van der Waals surface area contributed by atoms with Gasteiger partial charge in [-0.3, -0.25) is 9.69 Å². The van der Waals surface area contributed by atoms with E-state index in [-0.39, 0.29) is 12.5 Å². The number of nitrogens with zero attached hydrogens (tertiary/aromatic N) is 2. The number of hydrogen-bond acceptors (Lipinski definition) is 6. The molecule has 1 aromatic heterocycles. The van der Waals surface area contributed by atoms with Crippen LogP contribution in [0.5, 0.6) is 11.5 Å². The molecule has 0 aliphatic heterocycles. The number of aliphatic hydroxyl groups excluding tert-OH is 1. The van der Waals surface area contributed by atoms with Gasteiger partial charge in [0.1, 0.15) is 11.5 Å². The molecule has 0 fully saturated rings. The number of hydrogen-bond donors (Lipinski definition) is 1. The van der Waals surface area contributed by atoms with Crippen LogP contribution in [0.2, 0.25) is 0 Å². The van der Waals surface area contributed by atoms with Crippen LogP contribution in [0.3, 0.4) is 0 Å². The summed E-state index contributed by atoms with van der Waals surface area (Å²) in [6.07, 6.45) is 0. The monoisotopic (exact) mass is 474 g/mol. The minimum Gasteiger partial charge on any atom is -0.496 e. The van der Waals surface area contributed by atoms with Gasteiger partial charge in [0, 0.05) is 22.1 Å². The lowest BCUT2D eigenvalue weighted by Gasteiger charge is -2.21. The number of aromatic nitrogens is 1. The summed E-state index contributed by atoms with van der Waals surface area (Å²) in [6, 6.07) is 20.9. The summed E-state index contributed by atoms with van der Waals surface area (Å²) in [4.78, 5) is 20.2. The van der Waals surface area contributed by atoms with E-state index in [1.165, 1.54) is 11.3 Å². The van der Waals surface area contributed by atoms with Gasteiger partial charge in [0.15, 0.2) is 5.13 Å². The van der Waals surface area contributed by atoms with E-state index in [9.17, 15) is 9.90 Å². The number of ether oxygens (including phenoxy) is 2. The van der Waals surface area contributed by atoms with Crippen molar-refractivity contribution in [1.82, 2.24) is 4.98 Å². The highest BCUT2D eigenvalue weighted by molar-refractivity contribution is 7.14. The number of amides is 1. The molecule has 4 aromatic rings. The van der Waals surface area contributed by atoms with Gasteiger partial charge >= 0.3 is 0 Å². The summed E-state index contributed by atoms with van der Waals surface area (Å²) in [6.45, 7) is 2.25. The molecule has 0 saturated heterocycles. The first-order valence-corrected chi connectivity index (χ1v) is 11.7. The Morgan fingerprint density at radius 2 is 1.62 bits per heavy atom. The molecule has 0 aliphatic rings. The van der Waals surface area contributed by atoms with E-state index in [0.717, 1.165) is 27.9 Å². The van der Waals surface area contributed by atoms with Crippen LogP contribution in [0, 0.1) is 6.92 Å². The highest BCUT2D eigenvalue weighted by Gasteiger charge is 2.24.